The SMILES string of the molecule is COc1ccc(O)c(CNc2cccnc2)c1. The van der Waals surface area contributed by atoms with Crippen LogP contribution in [-0.2, 0) is 6.54 Å². The Labute approximate surface area is 99.9 Å². The maximum Gasteiger partial charge on any atom is 0.120 e. The van der Waals surface area contributed by atoms with Gasteiger partial charge in [0.25, 0.3) is 0 Å². The standard InChI is InChI=1S/C13H14N2O2/c1-17-12-4-5-13(16)10(7-12)8-15-11-3-2-6-14-9-11/h2-7,9,15-16H,8H2,1H3. The molecular weight excluding hydrogens is 216 g/mol. The van der Waals surface area contributed by atoms with E-state index in [1.807, 2.05) is 12.1 Å². The third kappa shape index (κ3) is 2.87. The fourth-order valence-electron chi connectivity index (χ4n) is 1.50. The van der Waals surface area contributed by atoms with E-state index in [0.717, 1.165) is 17.0 Å². The Hall–Kier alpha value is -2.23. The summed E-state index contributed by atoms with van der Waals surface area (Å²) in [6, 6.07) is 8.93. The summed E-state index contributed by atoms with van der Waals surface area (Å²) in [6.07, 6.45) is 3.45. The molecule has 0 radical (unpaired) electrons. The fraction of sp³-hybridized carbons (Fsp3) is 0.154. The van der Waals surface area contributed by atoms with Gasteiger partial charge in [0.15, 0.2) is 0 Å². The molecule has 2 aromatic rings. The van der Waals surface area contributed by atoms with Crippen molar-refractivity contribution in [2.45, 2.75) is 6.54 Å². The molecule has 0 unspecified atom stereocenters. The molecule has 0 aliphatic carbocycles. The molecule has 1 aromatic carbocycles. The second kappa shape index (κ2) is 5.21. The van der Waals surface area contributed by atoms with E-state index in [1.165, 1.54) is 0 Å². The van der Waals surface area contributed by atoms with Crippen LogP contribution in [0, 0.1) is 0 Å². The lowest BCUT2D eigenvalue weighted by Gasteiger charge is -2.09. The van der Waals surface area contributed by atoms with E-state index in [-0.39, 0.29) is 5.75 Å². The Balaban J connectivity index is 2.08. The van der Waals surface area contributed by atoms with Crippen LogP contribution in [0.3, 0.4) is 0 Å². The fourth-order valence-corrected chi connectivity index (χ4v) is 1.50. The number of pyridine rings is 1. The number of nitrogens with one attached hydrogen (secondary N) is 1. The summed E-state index contributed by atoms with van der Waals surface area (Å²) in [7, 11) is 1.60. The van der Waals surface area contributed by atoms with E-state index in [0.29, 0.717) is 6.54 Å². The average molecular weight is 230 g/mol. The molecule has 0 bridgehead atoms. The van der Waals surface area contributed by atoms with Crippen molar-refractivity contribution in [3.63, 3.8) is 0 Å². The molecule has 0 saturated heterocycles. The van der Waals surface area contributed by atoms with Crippen molar-refractivity contribution in [2.75, 3.05) is 12.4 Å². The Morgan fingerprint density at radius 1 is 1.35 bits per heavy atom. The van der Waals surface area contributed by atoms with E-state index in [2.05, 4.69) is 10.3 Å². The lowest BCUT2D eigenvalue weighted by atomic mass is 10.2. The molecule has 2 N–H and O–H groups in total. The second-order valence-electron chi connectivity index (χ2n) is 3.59. The van der Waals surface area contributed by atoms with Crippen LogP contribution < -0.4 is 10.1 Å². The molecule has 0 aliphatic rings. The van der Waals surface area contributed by atoms with Crippen molar-refractivity contribution < 1.29 is 9.84 Å². The van der Waals surface area contributed by atoms with Gasteiger partial charge >= 0.3 is 0 Å². The van der Waals surface area contributed by atoms with Gasteiger partial charge in [-0.05, 0) is 30.3 Å². The number of phenolic OH excluding ortho intramolecular Hbond substituents is 1. The number of nitrogens with zero attached hydrogens (tertiary/aromatic N) is 1. The Morgan fingerprint density at radius 3 is 2.94 bits per heavy atom. The van der Waals surface area contributed by atoms with Gasteiger partial charge in [0.2, 0.25) is 0 Å². The summed E-state index contributed by atoms with van der Waals surface area (Å²) < 4.78 is 5.11. The molecule has 0 fully saturated rings. The first kappa shape index (κ1) is 11.3. The summed E-state index contributed by atoms with van der Waals surface area (Å²) in [4.78, 5) is 4.00. The second-order valence-corrected chi connectivity index (χ2v) is 3.59. The highest BCUT2D eigenvalue weighted by Gasteiger charge is 2.03. The van der Waals surface area contributed by atoms with Crippen LogP contribution in [0.15, 0.2) is 42.7 Å². The number of hydrogen-bond donors (Lipinski definition) is 2. The molecule has 17 heavy (non-hydrogen) atoms. The van der Waals surface area contributed by atoms with Crippen molar-refractivity contribution in [1.82, 2.24) is 4.98 Å². The van der Waals surface area contributed by atoms with Crippen molar-refractivity contribution in [1.29, 1.82) is 0 Å². The molecule has 0 aliphatic heterocycles. The summed E-state index contributed by atoms with van der Waals surface area (Å²) in [5.74, 6) is 0.980. The van der Waals surface area contributed by atoms with Crippen LogP contribution in [0.25, 0.3) is 0 Å². The highest BCUT2D eigenvalue weighted by molar-refractivity contribution is 5.45. The van der Waals surface area contributed by atoms with Gasteiger partial charge in [-0.25, -0.2) is 0 Å². The molecule has 4 heteroatoms. The number of rotatable bonds is 4. The van der Waals surface area contributed by atoms with Crippen LogP contribution in [-0.4, -0.2) is 17.2 Å². The smallest absolute Gasteiger partial charge is 0.120 e. The molecule has 0 amide bonds. The van der Waals surface area contributed by atoms with E-state index in [9.17, 15) is 5.11 Å². The molecule has 4 nitrogen and oxygen atoms in total. The van der Waals surface area contributed by atoms with Crippen molar-refractivity contribution >= 4 is 5.69 Å². The molecule has 0 spiro atoms. The third-order valence-corrected chi connectivity index (χ3v) is 2.43. The van der Waals surface area contributed by atoms with Crippen LogP contribution in [0.5, 0.6) is 11.5 Å². The first-order chi connectivity index (χ1) is 8.29. The lowest BCUT2D eigenvalue weighted by molar-refractivity contribution is 0.411. The average Bonchev–Trinajstić information content (AvgIpc) is 2.39. The van der Waals surface area contributed by atoms with Gasteiger partial charge in [-0.3, -0.25) is 4.98 Å². The number of phenols is 1. The van der Waals surface area contributed by atoms with E-state index in [4.69, 9.17) is 4.74 Å². The molecule has 0 saturated carbocycles. The van der Waals surface area contributed by atoms with Crippen LogP contribution in [0.4, 0.5) is 5.69 Å². The zero-order valence-electron chi connectivity index (χ0n) is 9.55. The predicted octanol–water partition coefficient (Wildman–Crippen LogP) is 2.41. The monoisotopic (exact) mass is 230 g/mol. The quantitative estimate of drug-likeness (QED) is 0.846. The number of methoxy groups -OCH3 is 1. The molecule has 88 valence electrons. The van der Waals surface area contributed by atoms with Gasteiger partial charge in [-0.2, -0.15) is 0 Å². The zero-order valence-corrected chi connectivity index (χ0v) is 9.55. The maximum atomic E-state index is 9.70. The number of anilines is 1. The largest absolute Gasteiger partial charge is 0.508 e. The maximum absolute atomic E-state index is 9.70. The summed E-state index contributed by atoms with van der Waals surface area (Å²) in [5, 5.41) is 12.9. The highest BCUT2D eigenvalue weighted by atomic mass is 16.5. The van der Waals surface area contributed by atoms with Crippen molar-refractivity contribution in [3.8, 4) is 11.5 Å². The summed E-state index contributed by atoms with van der Waals surface area (Å²) >= 11 is 0. The van der Waals surface area contributed by atoms with E-state index >= 15 is 0 Å². The molecular formula is C13H14N2O2. The van der Waals surface area contributed by atoms with E-state index < -0.39 is 0 Å². The summed E-state index contributed by atoms with van der Waals surface area (Å²) in [5.41, 5.74) is 1.70. The minimum atomic E-state index is 0.252. The van der Waals surface area contributed by atoms with Crippen molar-refractivity contribution in [3.05, 3.63) is 48.3 Å². The number of aromatic hydroxyl groups is 1. The number of aromatic nitrogens is 1. The third-order valence-electron chi connectivity index (χ3n) is 2.43. The first-order valence-electron chi connectivity index (χ1n) is 5.29. The van der Waals surface area contributed by atoms with Crippen LogP contribution in [0.2, 0.25) is 0 Å². The zero-order chi connectivity index (χ0) is 12.1. The Morgan fingerprint density at radius 2 is 2.24 bits per heavy atom. The Kier molecular flexibility index (Phi) is 3.45. The number of ether oxygens (including phenoxy) is 1. The number of hydrogen-bond acceptors (Lipinski definition) is 4. The highest BCUT2D eigenvalue weighted by Crippen LogP contribution is 2.23. The van der Waals surface area contributed by atoms with Gasteiger partial charge in [0, 0.05) is 24.5 Å². The predicted molar refractivity (Wildman–Crippen MR) is 66.2 cm³/mol. The minimum Gasteiger partial charge on any atom is -0.508 e. The first-order valence-corrected chi connectivity index (χ1v) is 5.29. The molecule has 2 rings (SSSR count). The summed E-state index contributed by atoms with van der Waals surface area (Å²) in [6.45, 7) is 0.523. The molecule has 1 heterocycles. The van der Waals surface area contributed by atoms with Gasteiger partial charge < -0.3 is 15.2 Å². The van der Waals surface area contributed by atoms with Gasteiger partial charge in [-0.15, -0.1) is 0 Å². The normalized spacial score (nSPS) is 9.94. The number of benzene rings is 1. The molecule has 0 atom stereocenters. The minimum absolute atomic E-state index is 0.252. The van der Waals surface area contributed by atoms with Crippen LogP contribution in [0.1, 0.15) is 5.56 Å². The Bertz CT molecular complexity index is 486. The lowest BCUT2D eigenvalue weighted by Crippen LogP contribution is -2.00. The van der Waals surface area contributed by atoms with Crippen molar-refractivity contribution in [2.24, 2.45) is 0 Å². The molecule has 1 aromatic heterocycles. The van der Waals surface area contributed by atoms with E-state index in [1.54, 1.807) is 37.7 Å². The topological polar surface area (TPSA) is 54.4 Å². The van der Waals surface area contributed by atoms with Crippen LogP contribution >= 0.6 is 0 Å². The van der Waals surface area contributed by atoms with Gasteiger partial charge in [-0.1, -0.05) is 0 Å². The van der Waals surface area contributed by atoms with Gasteiger partial charge in [0.05, 0.1) is 12.8 Å². The van der Waals surface area contributed by atoms with Gasteiger partial charge in [0.1, 0.15) is 11.5 Å².